The van der Waals surface area contributed by atoms with E-state index in [0.29, 0.717) is 29.4 Å². The molecule has 8 N–H and O–H groups in total. The molecule has 15 heteroatoms. The van der Waals surface area contributed by atoms with Crippen molar-refractivity contribution in [2.45, 2.75) is 43.2 Å². The number of aromatic amines is 1. The number of carboxylic acids is 1. The molecule has 1 aromatic heterocycles. The molecule has 1 aliphatic carbocycles. The SMILES string of the molecule is COc1cc(C(=O)NC2CC(NC(=O)COc3cccc(C(O)(C(=O)O)c4ccccc4)c3)C2)c(F)cc1CNCC(O)c1ccc(O)c2[nH]c(=O)ccc12. The number of halogens is 1. The molecule has 4 aromatic carbocycles. The molecule has 0 bridgehead atoms. The van der Waals surface area contributed by atoms with E-state index in [1.54, 1.807) is 24.3 Å². The number of carbonyl (C=O) groups excluding carboxylic acids is 2. The number of amides is 2. The van der Waals surface area contributed by atoms with Gasteiger partial charge in [0.05, 0.1) is 24.3 Å². The molecule has 5 aromatic rings. The molecule has 2 atom stereocenters. The Bertz CT molecular complexity index is 2280. The number of rotatable bonds is 15. The standard InChI is InChI=1S/C40H39FN4O10/c1-54-34-18-30(31(41)14-22(34)19-42-20-33(47)28-10-12-32(46)37-29(28)11-13-35(48)45-37)38(50)44-26-16-25(17-26)43-36(49)21-55-27-9-5-8-24(15-27)40(53,39(51)52)23-6-3-2-4-7-23/h2-15,18,25-26,33,42,46-47,53H,16-17,19-21H2,1H3,(H,43,49)(H,44,50)(H,45,48)(H,51,52). The highest BCUT2D eigenvalue weighted by Gasteiger charge is 2.40. The first-order valence-electron chi connectivity index (χ1n) is 17.3. The van der Waals surface area contributed by atoms with Gasteiger partial charge in [0, 0.05) is 47.8 Å². The summed E-state index contributed by atoms with van der Waals surface area (Å²) in [5.74, 6) is -3.05. The van der Waals surface area contributed by atoms with Crippen LogP contribution in [0.15, 0.2) is 95.8 Å². The van der Waals surface area contributed by atoms with Crippen molar-refractivity contribution in [1.29, 1.82) is 0 Å². The number of hydrogen-bond acceptors (Lipinski definition) is 10. The Labute approximate surface area is 313 Å². The van der Waals surface area contributed by atoms with Crippen LogP contribution >= 0.6 is 0 Å². The third-order valence-corrected chi connectivity index (χ3v) is 9.49. The molecule has 55 heavy (non-hydrogen) atoms. The maximum absolute atomic E-state index is 15.2. The number of fused-ring (bicyclic) bond motifs is 1. The quantitative estimate of drug-likeness (QED) is 0.0777. The number of benzene rings is 4. The fourth-order valence-electron chi connectivity index (χ4n) is 6.54. The molecule has 2 amide bonds. The van der Waals surface area contributed by atoms with Crippen LogP contribution in [0.3, 0.4) is 0 Å². The van der Waals surface area contributed by atoms with Gasteiger partial charge in [0.15, 0.2) is 6.61 Å². The molecular formula is C40H39FN4O10. The molecule has 0 spiro atoms. The summed E-state index contributed by atoms with van der Waals surface area (Å²) in [5.41, 5.74) is -1.67. The van der Waals surface area contributed by atoms with Gasteiger partial charge >= 0.3 is 5.97 Å². The van der Waals surface area contributed by atoms with Crippen LogP contribution < -0.4 is 31.0 Å². The van der Waals surface area contributed by atoms with Gasteiger partial charge in [0.2, 0.25) is 11.2 Å². The summed E-state index contributed by atoms with van der Waals surface area (Å²) >= 11 is 0. The minimum Gasteiger partial charge on any atom is -0.506 e. The molecule has 1 saturated carbocycles. The number of nitrogens with one attached hydrogen (secondary N) is 4. The lowest BCUT2D eigenvalue weighted by molar-refractivity contribution is -0.155. The molecule has 1 heterocycles. The molecule has 6 rings (SSSR count). The molecule has 0 aliphatic heterocycles. The van der Waals surface area contributed by atoms with Crippen molar-refractivity contribution in [3.8, 4) is 17.2 Å². The topological polar surface area (TPSA) is 220 Å². The number of ether oxygens (including phenoxy) is 2. The van der Waals surface area contributed by atoms with Crippen molar-refractivity contribution in [3.05, 3.63) is 135 Å². The van der Waals surface area contributed by atoms with E-state index in [9.17, 15) is 39.6 Å². The first kappa shape index (κ1) is 38.4. The lowest BCUT2D eigenvalue weighted by Crippen LogP contribution is -2.54. The van der Waals surface area contributed by atoms with Gasteiger partial charge in [-0.05, 0) is 60.4 Å². The van der Waals surface area contributed by atoms with Gasteiger partial charge in [-0.2, -0.15) is 0 Å². The fourth-order valence-corrected chi connectivity index (χ4v) is 6.54. The van der Waals surface area contributed by atoms with E-state index in [0.717, 1.165) is 0 Å². The lowest BCUT2D eigenvalue weighted by atomic mass is 9.86. The Hall–Kier alpha value is -6.29. The summed E-state index contributed by atoms with van der Waals surface area (Å²) in [6.45, 7) is -0.255. The number of aliphatic hydroxyl groups excluding tert-OH is 1. The van der Waals surface area contributed by atoms with Crippen LogP contribution in [0.1, 0.15) is 51.6 Å². The zero-order valence-electron chi connectivity index (χ0n) is 29.5. The smallest absolute Gasteiger partial charge is 0.345 e. The summed E-state index contributed by atoms with van der Waals surface area (Å²) in [6, 6.07) is 21.4. The van der Waals surface area contributed by atoms with Crippen LogP contribution in [0, 0.1) is 5.82 Å². The van der Waals surface area contributed by atoms with Gasteiger partial charge in [-0.15, -0.1) is 0 Å². The Balaban J connectivity index is 0.975. The first-order chi connectivity index (χ1) is 26.4. The average Bonchev–Trinajstić information content (AvgIpc) is 3.16. The van der Waals surface area contributed by atoms with Gasteiger partial charge in [-0.3, -0.25) is 14.4 Å². The predicted molar refractivity (Wildman–Crippen MR) is 197 cm³/mol. The summed E-state index contributed by atoms with van der Waals surface area (Å²) in [4.78, 5) is 52.0. The number of aromatic nitrogens is 1. The molecule has 1 fully saturated rings. The van der Waals surface area contributed by atoms with Crippen molar-refractivity contribution in [3.63, 3.8) is 0 Å². The Kier molecular flexibility index (Phi) is 11.4. The normalized spacial score (nSPS) is 16.7. The van der Waals surface area contributed by atoms with Crippen LogP contribution in [-0.4, -0.2) is 75.5 Å². The number of aliphatic hydroxyl groups is 2. The molecular weight excluding hydrogens is 715 g/mol. The zero-order chi connectivity index (χ0) is 39.3. The molecule has 0 saturated heterocycles. The summed E-state index contributed by atoms with van der Waals surface area (Å²) in [7, 11) is 1.39. The van der Waals surface area contributed by atoms with E-state index >= 15 is 4.39 Å². The molecule has 0 radical (unpaired) electrons. The number of phenolic OH excluding ortho intramolecular Hbond substituents is 1. The number of carboxylic acid groups (broad SMARTS) is 1. The highest BCUT2D eigenvalue weighted by Crippen LogP contribution is 2.33. The van der Waals surface area contributed by atoms with E-state index in [4.69, 9.17) is 9.47 Å². The van der Waals surface area contributed by atoms with Gasteiger partial charge in [-0.25, -0.2) is 9.18 Å². The minimum absolute atomic E-state index is 0.0383. The zero-order valence-corrected chi connectivity index (χ0v) is 29.5. The van der Waals surface area contributed by atoms with E-state index < -0.39 is 40.9 Å². The van der Waals surface area contributed by atoms with Crippen molar-refractivity contribution in [1.82, 2.24) is 20.9 Å². The highest BCUT2D eigenvalue weighted by atomic mass is 19.1. The van der Waals surface area contributed by atoms with Gasteiger partial charge in [-0.1, -0.05) is 48.5 Å². The second-order valence-electron chi connectivity index (χ2n) is 13.2. The number of phenols is 1. The summed E-state index contributed by atoms with van der Waals surface area (Å²) < 4.78 is 26.2. The lowest BCUT2D eigenvalue weighted by Gasteiger charge is -2.36. The predicted octanol–water partition coefficient (Wildman–Crippen LogP) is 2.98. The Morgan fingerprint density at radius 3 is 2.40 bits per heavy atom. The van der Waals surface area contributed by atoms with Crippen molar-refractivity contribution in [2.75, 3.05) is 20.3 Å². The minimum atomic E-state index is -2.33. The van der Waals surface area contributed by atoms with Gasteiger partial charge < -0.3 is 50.8 Å². The third-order valence-electron chi connectivity index (χ3n) is 9.49. The van der Waals surface area contributed by atoms with E-state index in [2.05, 4.69) is 20.9 Å². The second-order valence-corrected chi connectivity index (χ2v) is 13.2. The number of aliphatic carboxylic acids is 1. The van der Waals surface area contributed by atoms with Crippen LogP contribution in [0.25, 0.3) is 10.9 Å². The molecule has 1 aliphatic rings. The molecule has 286 valence electrons. The largest absolute Gasteiger partial charge is 0.506 e. The maximum Gasteiger partial charge on any atom is 0.345 e. The summed E-state index contributed by atoms with van der Waals surface area (Å²) in [5, 5.41) is 51.0. The number of H-pyrrole nitrogens is 1. The van der Waals surface area contributed by atoms with Crippen molar-refractivity contribution >= 4 is 28.7 Å². The van der Waals surface area contributed by atoms with Crippen LogP contribution in [-0.2, 0) is 21.7 Å². The first-order valence-corrected chi connectivity index (χ1v) is 17.3. The van der Waals surface area contributed by atoms with Crippen LogP contribution in [0.4, 0.5) is 4.39 Å². The van der Waals surface area contributed by atoms with Crippen molar-refractivity contribution < 1.29 is 48.7 Å². The van der Waals surface area contributed by atoms with E-state index in [1.807, 2.05) is 0 Å². The fraction of sp³-hybridized carbons (Fsp3) is 0.250. The Morgan fingerprint density at radius 2 is 1.67 bits per heavy atom. The molecule has 2 unspecified atom stereocenters. The number of pyridine rings is 1. The second kappa shape index (κ2) is 16.4. The Morgan fingerprint density at radius 1 is 0.945 bits per heavy atom. The number of aromatic hydroxyl groups is 1. The van der Waals surface area contributed by atoms with E-state index in [1.165, 1.54) is 73.8 Å². The maximum atomic E-state index is 15.2. The number of carbonyl (C=O) groups is 3. The van der Waals surface area contributed by atoms with Gasteiger partial charge in [0.1, 0.15) is 23.1 Å². The monoisotopic (exact) mass is 754 g/mol. The highest BCUT2D eigenvalue weighted by molar-refractivity contribution is 5.95. The average molecular weight is 755 g/mol. The molecule has 14 nitrogen and oxygen atoms in total. The van der Waals surface area contributed by atoms with Crippen LogP contribution in [0.5, 0.6) is 17.2 Å². The van der Waals surface area contributed by atoms with Crippen LogP contribution in [0.2, 0.25) is 0 Å². The number of methoxy groups -OCH3 is 1. The van der Waals surface area contributed by atoms with Crippen molar-refractivity contribution in [2.24, 2.45) is 0 Å². The summed E-state index contributed by atoms with van der Waals surface area (Å²) in [6.07, 6.45) is -0.250. The third kappa shape index (κ3) is 8.44. The number of hydrogen-bond donors (Lipinski definition) is 8. The van der Waals surface area contributed by atoms with Gasteiger partial charge in [0.25, 0.3) is 11.8 Å². The van der Waals surface area contributed by atoms with E-state index in [-0.39, 0.29) is 71.2 Å².